The number of morpholine rings is 1. The minimum absolute atomic E-state index is 0.0120. The van der Waals surface area contributed by atoms with Gasteiger partial charge in [-0.25, -0.2) is 4.98 Å². The van der Waals surface area contributed by atoms with Gasteiger partial charge in [0.2, 0.25) is 0 Å². The van der Waals surface area contributed by atoms with Crippen molar-refractivity contribution in [3.05, 3.63) is 47.9 Å². The molecule has 0 radical (unpaired) electrons. The summed E-state index contributed by atoms with van der Waals surface area (Å²) in [6.07, 6.45) is 6.69. The van der Waals surface area contributed by atoms with Crippen LogP contribution in [0.15, 0.2) is 36.8 Å². The van der Waals surface area contributed by atoms with Crippen molar-refractivity contribution in [2.24, 2.45) is 0 Å². The number of rotatable bonds is 5. The third-order valence-corrected chi connectivity index (χ3v) is 4.28. The fourth-order valence-electron chi connectivity index (χ4n) is 2.87. The first-order chi connectivity index (χ1) is 12.1. The molecule has 0 bridgehead atoms. The molecule has 0 N–H and O–H groups in total. The Morgan fingerprint density at radius 2 is 2.20 bits per heavy atom. The van der Waals surface area contributed by atoms with Gasteiger partial charge in [0.25, 0.3) is 5.91 Å². The molecule has 0 spiro atoms. The summed E-state index contributed by atoms with van der Waals surface area (Å²) in [6.45, 7) is 1.78. The lowest BCUT2D eigenvalue weighted by atomic mass is 10.1. The first-order valence-corrected chi connectivity index (χ1v) is 8.43. The summed E-state index contributed by atoms with van der Waals surface area (Å²) in [4.78, 5) is 20.7. The lowest BCUT2D eigenvalue weighted by Gasteiger charge is -2.33. The van der Waals surface area contributed by atoms with Crippen LogP contribution in [0.2, 0.25) is 0 Å². The molecule has 7 nitrogen and oxygen atoms in total. The molecule has 0 aromatic carbocycles. The minimum atomic E-state index is -0.0120. The van der Waals surface area contributed by atoms with Gasteiger partial charge in [0.15, 0.2) is 0 Å². The fraction of sp³-hybridized carbons (Fsp3) is 0.444. The average Bonchev–Trinajstić information content (AvgIpc) is 2.67. The third kappa shape index (κ3) is 4.51. The molecule has 1 fully saturated rings. The van der Waals surface area contributed by atoms with E-state index in [2.05, 4.69) is 21.2 Å². The predicted molar refractivity (Wildman–Crippen MR) is 94.6 cm³/mol. The number of carbonyl (C=O) groups is 1. The SMILES string of the molecule is CN(C)c1cc(CC[C@@H]2CN(C(=O)c3ccnnc3)CCO2)ccn1. The quantitative estimate of drug-likeness (QED) is 0.819. The van der Waals surface area contributed by atoms with Crippen LogP contribution in [0.1, 0.15) is 22.3 Å². The van der Waals surface area contributed by atoms with Gasteiger partial charge in [-0.05, 0) is 36.6 Å². The third-order valence-electron chi connectivity index (χ3n) is 4.28. The smallest absolute Gasteiger partial charge is 0.255 e. The van der Waals surface area contributed by atoms with Crippen LogP contribution >= 0.6 is 0 Å². The number of hydrogen-bond acceptors (Lipinski definition) is 6. The maximum Gasteiger partial charge on any atom is 0.255 e. The highest BCUT2D eigenvalue weighted by Crippen LogP contribution is 2.16. The Labute approximate surface area is 147 Å². The molecule has 3 rings (SSSR count). The predicted octanol–water partition coefficient (Wildman–Crippen LogP) is 1.41. The molecule has 1 aliphatic heterocycles. The summed E-state index contributed by atoms with van der Waals surface area (Å²) in [5.41, 5.74) is 1.80. The maximum atomic E-state index is 12.5. The zero-order valence-corrected chi connectivity index (χ0v) is 14.6. The Balaban J connectivity index is 1.57. The summed E-state index contributed by atoms with van der Waals surface area (Å²) in [6, 6.07) is 5.81. The highest BCUT2D eigenvalue weighted by Gasteiger charge is 2.25. The summed E-state index contributed by atoms with van der Waals surface area (Å²) in [7, 11) is 3.96. The monoisotopic (exact) mass is 341 g/mol. The van der Waals surface area contributed by atoms with E-state index < -0.39 is 0 Å². The van der Waals surface area contributed by atoms with Gasteiger partial charge in [-0.2, -0.15) is 10.2 Å². The van der Waals surface area contributed by atoms with Gasteiger partial charge in [-0.15, -0.1) is 0 Å². The Kier molecular flexibility index (Phi) is 5.55. The highest BCUT2D eigenvalue weighted by molar-refractivity contribution is 5.93. The first-order valence-electron chi connectivity index (χ1n) is 8.43. The normalized spacial score (nSPS) is 17.4. The highest BCUT2D eigenvalue weighted by atomic mass is 16.5. The Morgan fingerprint density at radius 3 is 2.96 bits per heavy atom. The minimum Gasteiger partial charge on any atom is -0.375 e. The topological polar surface area (TPSA) is 71.5 Å². The Morgan fingerprint density at radius 1 is 1.32 bits per heavy atom. The van der Waals surface area contributed by atoms with Gasteiger partial charge in [-0.3, -0.25) is 4.79 Å². The molecule has 1 saturated heterocycles. The average molecular weight is 341 g/mol. The number of aryl methyl sites for hydroxylation is 1. The van der Waals surface area contributed by atoms with Gasteiger partial charge in [0.05, 0.1) is 30.7 Å². The van der Waals surface area contributed by atoms with Gasteiger partial charge in [0, 0.05) is 33.4 Å². The molecular formula is C18H23N5O2. The second kappa shape index (κ2) is 8.02. The van der Waals surface area contributed by atoms with Crippen LogP contribution in [0.25, 0.3) is 0 Å². The van der Waals surface area contributed by atoms with E-state index in [1.54, 1.807) is 6.07 Å². The van der Waals surface area contributed by atoms with E-state index in [4.69, 9.17) is 4.74 Å². The molecule has 132 valence electrons. The molecule has 25 heavy (non-hydrogen) atoms. The van der Waals surface area contributed by atoms with E-state index in [1.807, 2.05) is 36.2 Å². The second-order valence-electron chi connectivity index (χ2n) is 6.33. The van der Waals surface area contributed by atoms with Crippen molar-refractivity contribution in [1.82, 2.24) is 20.1 Å². The van der Waals surface area contributed by atoms with Crippen LogP contribution in [0.3, 0.4) is 0 Å². The van der Waals surface area contributed by atoms with E-state index in [-0.39, 0.29) is 12.0 Å². The zero-order valence-electron chi connectivity index (χ0n) is 14.6. The molecule has 3 heterocycles. The molecule has 0 unspecified atom stereocenters. The molecule has 0 saturated carbocycles. The number of pyridine rings is 1. The van der Waals surface area contributed by atoms with Crippen molar-refractivity contribution in [2.75, 3.05) is 38.7 Å². The number of carbonyl (C=O) groups excluding carboxylic acids is 1. The Bertz CT molecular complexity index is 708. The standard InChI is InChI=1S/C18H23N5O2/c1-22(2)17-11-14(5-7-19-17)3-4-16-13-23(9-10-25-16)18(24)15-6-8-20-21-12-15/h5-8,11-12,16H,3-4,9-10,13H2,1-2H3/t16-/m1/s1. The van der Waals surface area contributed by atoms with Crippen molar-refractivity contribution >= 4 is 11.7 Å². The maximum absolute atomic E-state index is 12.5. The number of hydrogen-bond donors (Lipinski definition) is 0. The van der Waals surface area contributed by atoms with E-state index in [1.165, 1.54) is 18.0 Å². The molecule has 7 heteroatoms. The van der Waals surface area contributed by atoms with Gasteiger partial charge in [0.1, 0.15) is 5.82 Å². The van der Waals surface area contributed by atoms with Crippen molar-refractivity contribution in [1.29, 1.82) is 0 Å². The van der Waals surface area contributed by atoms with E-state index >= 15 is 0 Å². The van der Waals surface area contributed by atoms with E-state index in [0.717, 1.165) is 18.7 Å². The molecule has 1 aliphatic rings. The zero-order chi connectivity index (χ0) is 17.6. The van der Waals surface area contributed by atoms with Crippen LogP contribution in [0.5, 0.6) is 0 Å². The molecule has 1 atom stereocenters. The summed E-state index contributed by atoms with van der Waals surface area (Å²) >= 11 is 0. The molecule has 0 aliphatic carbocycles. The summed E-state index contributed by atoms with van der Waals surface area (Å²) in [5.74, 6) is 0.936. The van der Waals surface area contributed by atoms with Crippen LogP contribution in [-0.2, 0) is 11.2 Å². The molecule has 2 aromatic heterocycles. The fourth-order valence-corrected chi connectivity index (χ4v) is 2.87. The van der Waals surface area contributed by atoms with Crippen molar-refractivity contribution in [3.63, 3.8) is 0 Å². The molecule has 1 amide bonds. The van der Waals surface area contributed by atoms with Crippen LogP contribution < -0.4 is 4.90 Å². The summed E-state index contributed by atoms with van der Waals surface area (Å²) in [5, 5.41) is 7.50. The molecular weight excluding hydrogens is 318 g/mol. The van der Waals surface area contributed by atoms with Gasteiger partial charge < -0.3 is 14.5 Å². The van der Waals surface area contributed by atoms with Crippen LogP contribution in [-0.4, -0.2) is 65.9 Å². The number of aromatic nitrogens is 3. The van der Waals surface area contributed by atoms with Crippen molar-refractivity contribution in [3.8, 4) is 0 Å². The van der Waals surface area contributed by atoms with E-state index in [9.17, 15) is 4.79 Å². The van der Waals surface area contributed by atoms with E-state index in [0.29, 0.717) is 25.3 Å². The number of anilines is 1. The molecule has 2 aromatic rings. The largest absolute Gasteiger partial charge is 0.375 e. The number of ether oxygens (including phenoxy) is 1. The lowest BCUT2D eigenvalue weighted by Crippen LogP contribution is -2.45. The first kappa shape index (κ1) is 17.3. The van der Waals surface area contributed by atoms with Crippen molar-refractivity contribution in [2.45, 2.75) is 18.9 Å². The second-order valence-corrected chi connectivity index (χ2v) is 6.33. The Hall–Kier alpha value is -2.54. The number of amides is 1. The van der Waals surface area contributed by atoms with Crippen molar-refractivity contribution < 1.29 is 9.53 Å². The summed E-state index contributed by atoms with van der Waals surface area (Å²) < 4.78 is 5.85. The number of nitrogens with zero attached hydrogens (tertiary/aromatic N) is 5. The van der Waals surface area contributed by atoms with Crippen LogP contribution in [0, 0.1) is 0 Å². The van der Waals surface area contributed by atoms with Gasteiger partial charge >= 0.3 is 0 Å². The van der Waals surface area contributed by atoms with Crippen LogP contribution in [0.4, 0.5) is 5.82 Å². The lowest BCUT2D eigenvalue weighted by molar-refractivity contribution is -0.0246. The van der Waals surface area contributed by atoms with Gasteiger partial charge in [-0.1, -0.05) is 0 Å².